The molecule has 0 heterocycles. The van der Waals surface area contributed by atoms with Gasteiger partial charge in [0.2, 0.25) is 0 Å². The smallest absolute Gasteiger partial charge is 0.0924 e. The van der Waals surface area contributed by atoms with Crippen molar-refractivity contribution in [1.82, 2.24) is 5.32 Å². The lowest BCUT2D eigenvalue weighted by Gasteiger charge is -2.03. The van der Waals surface area contributed by atoms with E-state index in [9.17, 15) is 0 Å². The fourth-order valence-electron chi connectivity index (χ4n) is 1.14. The van der Waals surface area contributed by atoms with Crippen LogP contribution in [0.15, 0.2) is 12.2 Å². The SMILES string of the molecule is CCCC/C=C/CCCNC(C)C#N. The standard InChI is InChI=1S/C12H22N2/c1-3-4-5-6-7-8-9-10-14-12(2)11-13/h6-7,12,14H,3-5,8-10H2,1-2H3/b7-6+. The van der Waals surface area contributed by atoms with Gasteiger partial charge in [-0.25, -0.2) is 0 Å². The van der Waals surface area contributed by atoms with Crippen molar-refractivity contribution in [3.8, 4) is 6.07 Å². The number of rotatable bonds is 8. The first-order chi connectivity index (χ1) is 6.81. The van der Waals surface area contributed by atoms with E-state index >= 15 is 0 Å². The summed E-state index contributed by atoms with van der Waals surface area (Å²) in [5.74, 6) is 0. The number of allylic oxidation sites excluding steroid dienone is 2. The monoisotopic (exact) mass is 194 g/mol. The van der Waals surface area contributed by atoms with Gasteiger partial charge in [-0.05, 0) is 32.7 Å². The highest BCUT2D eigenvalue weighted by atomic mass is 14.9. The number of unbranched alkanes of at least 4 members (excludes halogenated alkanes) is 3. The Morgan fingerprint density at radius 2 is 1.93 bits per heavy atom. The van der Waals surface area contributed by atoms with E-state index in [1.165, 1.54) is 19.3 Å². The Morgan fingerprint density at radius 1 is 1.29 bits per heavy atom. The number of hydrogen-bond donors (Lipinski definition) is 1. The lowest BCUT2D eigenvalue weighted by molar-refractivity contribution is 0.616. The molecule has 0 rings (SSSR count). The first kappa shape index (κ1) is 13.2. The molecular weight excluding hydrogens is 172 g/mol. The minimum atomic E-state index is -0.0147. The van der Waals surface area contributed by atoms with Gasteiger partial charge in [-0.1, -0.05) is 31.9 Å². The molecule has 0 saturated carbocycles. The van der Waals surface area contributed by atoms with Crippen molar-refractivity contribution in [2.75, 3.05) is 6.54 Å². The van der Waals surface area contributed by atoms with Gasteiger partial charge in [0, 0.05) is 0 Å². The van der Waals surface area contributed by atoms with Crippen molar-refractivity contribution in [2.45, 2.75) is 52.0 Å². The minimum absolute atomic E-state index is 0.0147. The molecule has 0 aromatic heterocycles. The highest BCUT2D eigenvalue weighted by Gasteiger charge is 1.94. The highest BCUT2D eigenvalue weighted by Crippen LogP contribution is 1.97. The lowest BCUT2D eigenvalue weighted by Crippen LogP contribution is -2.24. The van der Waals surface area contributed by atoms with Crippen LogP contribution in [0.2, 0.25) is 0 Å². The van der Waals surface area contributed by atoms with E-state index in [0.717, 1.165) is 19.4 Å². The van der Waals surface area contributed by atoms with Crippen LogP contribution >= 0.6 is 0 Å². The van der Waals surface area contributed by atoms with Gasteiger partial charge in [-0.3, -0.25) is 0 Å². The zero-order chi connectivity index (χ0) is 10.6. The van der Waals surface area contributed by atoms with Crippen molar-refractivity contribution in [3.05, 3.63) is 12.2 Å². The number of nitrogens with one attached hydrogen (secondary N) is 1. The number of hydrogen-bond acceptors (Lipinski definition) is 2. The Labute approximate surface area is 88.0 Å². The molecule has 1 unspecified atom stereocenters. The molecule has 1 atom stereocenters. The topological polar surface area (TPSA) is 35.8 Å². The third-order valence-electron chi connectivity index (χ3n) is 2.08. The average molecular weight is 194 g/mol. The third kappa shape index (κ3) is 9.28. The number of nitrogens with zero attached hydrogens (tertiary/aromatic N) is 1. The molecule has 80 valence electrons. The molecule has 1 N–H and O–H groups in total. The molecule has 14 heavy (non-hydrogen) atoms. The molecule has 0 bridgehead atoms. The molecule has 0 amide bonds. The normalized spacial score (nSPS) is 12.9. The number of nitriles is 1. The molecule has 0 saturated heterocycles. The van der Waals surface area contributed by atoms with Gasteiger partial charge in [-0.15, -0.1) is 0 Å². The Kier molecular flexibility index (Phi) is 9.68. The van der Waals surface area contributed by atoms with E-state index < -0.39 is 0 Å². The van der Waals surface area contributed by atoms with Gasteiger partial charge in [0.25, 0.3) is 0 Å². The van der Waals surface area contributed by atoms with Crippen LogP contribution < -0.4 is 5.32 Å². The fourth-order valence-corrected chi connectivity index (χ4v) is 1.14. The summed E-state index contributed by atoms with van der Waals surface area (Å²) in [6, 6.07) is 2.14. The first-order valence-electron chi connectivity index (χ1n) is 5.59. The van der Waals surface area contributed by atoms with Crippen molar-refractivity contribution < 1.29 is 0 Å². The third-order valence-corrected chi connectivity index (χ3v) is 2.08. The van der Waals surface area contributed by atoms with Gasteiger partial charge in [0.05, 0.1) is 12.1 Å². The van der Waals surface area contributed by atoms with Crippen molar-refractivity contribution >= 4 is 0 Å². The van der Waals surface area contributed by atoms with E-state index in [-0.39, 0.29) is 6.04 Å². The van der Waals surface area contributed by atoms with E-state index in [4.69, 9.17) is 5.26 Å². The summed E-state index contributed by atoms with van der Waals surface area (Å²) in [5.41, 5.74) is 0. The Bertz CT molecular complexity index is 179. The summed E-state index contributed by atoms with van der Waals surface area (Å²) in [4.78, 5) is 0. The van der Waals surface area contributed by atoms with Crippen LogP contribution in [0.5, 0.6) is 0 Å². The highest BCUT2D eigenvalue weighted by molar-refractivity contribution is 4.86. The molecular formula is C12H22N2. The molecule has 0 aliphatic carbocycles. The molecule has 0 aliphatic heterocycles. The summed E-state index contributed by atoms with van der Waals surface area (Å²) < 4.78 is 0. The molecule has 0 aliphatic rings. The van der Waals surface area contributed by atoms with Gasteiger partial charge in [-0.2, -0.15) is 5.26 Å². The van der Waals surface area contributed by atoms with Crippen LogP contribution in [0.3, 0.4) is 0 Å². The van der Waals surface area contributed by atoms with E-state index in [1.54, 1.807) is 0 Å². The lowest BCUT2D eigenvalue weighted by atomic mass is 10.2. The van der Waals surface area contributed by atoms with Crippen molar-refractivity contribution in [2.24, 2.45) is 0 Å². The van der Waals surface area contributed by atoms with Crippen LogP contribution in [0.4, 0.5) is 0 Å². The van der Waals surface area contributed by atoms with E-state index in [0.29, 0.717) is 0 Å². The largest absolute Gasteiger partial charge is 0.302 e. The van der Waals surface area contributed by atoms with Crippen LogP contribution in [0.25, 0.3) is 0 Å². The van der Waals surface area contributed by atoms with Crippen LogP contribution in [0, 0.1) is 11.3 Å². The molecule has 0 aromatic rings. The summed E-state index contributed by atoms with van der Waals surface area (Å²) >= 11 is 0. The van der Waals surface area contributed by atoms with Gasteiger partial charge in [0.15, 0.2) is 0 Å². The summed E-state index contributed by atoms with van der Waals surface area (Å²) in [5, 5.41) is 11.6. The molecule has 0 spiro atoms. The second-order valence-electron chi connectivity index (χ2n) is 3.56. The maximum atomic E-state index is 8.51. The Balaban J connectivity index is 3.13. The van der Waals surface area contributed by atoms with Gasteiger partial charge in [0.1, 0.15) is 0 Å². The molecule has 0 fully saturated rings. The predicted molar refractivity (Wildman–Crippen MR) is 61.0 cm³/mol. The van der Waals surface area contributed by atoms with Crippen molar-refractivity contribution in [1.29, 1.82) is 5.26 Å². The average Bonchev–Trinajstić information content (AvgIpc) is 2.21. The zero-order valence-corrected chi connectivity index (χ0v) is 9.42. The summed E-state index contributed by atoms with van der Waals surface area (Å²) in [7, 11) is 0. The fraction of sp³-hybridized carbons (Fsp3) is 0.750. The van der Waals surface area contributed by atoms with Crippen molar-refractivity contribution in [3.63, 3.8) is 0 Å². The van der Waals surface area contributed by atoms with Gasteiger partial charge >= 0.3 is 0 Å². The molecule has 0 aromatic carbocycles. The summed E-state index contributed by atoms with van der Waals surface area (Å²) in [6.45, 7) is 5.03. The minimum Gasteiger partial charge on any atom is -0.302 e. The van der Waals surface area contributed by atoms with E-state index in [2.05, 4.69) is 30.5 Å². The van der Waals surface area contributed by atoms with Crippen LogP contribution in [-0.4, -0.2) is 12.6 Å². The Hall–Kier alpha value is -0.810. The Morgan fingerprint density at radius 3 is 2.50 bits per heavy atom. The predicted octanol–water partition coefficient (Wildman–Crippen LogP) is 3.01. The maximum Gasteiger partial charge on any atom is 0.0924 e. The molecule has 0 radical (unpaired) electrons. The zero-order valence-electron chi connectivity index (χ0n) is 9.42. The van der Waals surface area contributed by atoms with Crippen LogP contribution in [-0.2, 0) is 0 Å². The second kappa shape index (κ2) is 10.3. The second-order valence-corrected chi connectivity index (χ2v) is 3.56. The molecule has 2 heteroatoms. The summed E-state index contributed by atoms with van der Waals surface area (Å²) in [6.07, 6.45) is 10.5. The van der Waals surface area contributed by atoms with Gasteiger partial charge < -0.3 is 5.32 Å². The quantitative estimate of drug-likeness (QED) is 0.476. The first-order valence-corrected chi connectivity index (χ1v) is 5.59. The van der Waals surface area contributed by atoms with Crippen LogP contribution in [0.1, 0.15) is 46.0 Å². The van der Waals surface area contributed by atoms with E-state index in [1.807, 2.05) is 6.92 Å². The molecule has 2 nitrogen and oxygen atoms in total. The maximum absolute atomic E-state index is 8.51.